The van der Waals surface area contributed by atoms with Crippen molar-refractivity contribution < 1.29 is 14.4 Å². The second-order valence-corrected chi connectivity index (χ2v) is 5.76. The zero-order valence-corrected chi connectivity index (χ0v) is 14.0. The third-order valence-electron chi connectivity index (χ3n) is 4.33. The number of piperidine rings is 1. The van der Waals surface area contributed by atoms with E-state index in [2.05, 4.69) is 10.6 Å². The van der Waals surface area contributed by atoms with Gasteiger partial charge in [-0.05, 0) is 37.5 Å². The summed E-state index contributed by atoms with van der Waals surface area (Å²) in [5, 5.41) is 5.20. The standard InChI is InChI=1S/C19H22N2O3/c1-3-5-6-7-16(22)20-15-10-8-14(9-11-15)19(4-2)13-12-17(23)21-18(19)24/h3,5-11H,4,12-13H2,1-2H3,(H,20,22)(H,21,23,24)/b5-3+,7-6+. The summed E-state index contributed by atoms with van der Waals surface area (Å²) in [6.07, 6.45) is 8.18. The van der Waals surface area contributed by atoms with Crippen LogP contribution in [0.3, 0.4) is 0 Å². The zero-order valence-electron chi connectivity index (χ0n) is 14.0. The number of rotatable bonds is 5. The minimum atomic E-state index is -0.678. The predicted octanol–water partition coefficient (Wildman–Crippen LogP) is 2.84. The van der Waals surface area contributed by atoms with Crippen LogP contribution in [0.15, 0.2) is 48.6 Å². The molecule has 24 heavy (non-hydrogen) atoms. The Morgan fingerprint density at radius 2 is 1.96 bits per heavy atom. The lowest BCUT2D eigenvalue weighted by Gasteiger charge is -2.35. The van der Waals surface area contributed by atoms with Crippen LogP contribution in [0, 0.1) is 0 Å². The van der Waals surface area contributed by atoms with Crippen molar-refractivity contribution in [3.05, 3.63) is 54.1 Å². The molecule has 126 valence electrons. The molecule has 1 atom stereocenters. The molecule has 5 heteroatoms. The molecular weight excluding hydrogens is 304 g/mol. The average molecular weight is 326 g/mol. The van der Waals surface area contributed by atoms with Crippen LogP contribution in [-0.2, 0) is 19.8 Å². The number of hydrogen-bond acceptors (Lipinski definition) is 3. The Kier molecular flexibility index (Phi) is 5.68. The highest BCUT2D eigenvalue weighted by Gasteiger charge is 2.42. The highest BCUT2D eigenvalue weighted by Crippen LogP contribution is 2.36. The molecule has 1 saturated heterocycles. The monoisotopic (exact) mass is 326 g/mol. The van der Waals surface area contributed by atoms with Gasteiger partial charge in [0.2, 0.25) is 17.7 Å². The Morgan fingerprint density at radius 1 is 1.25 bits per heavy atom. The normalized spacial score (nSPS) is 21.2. The number of hydrogen-bond donors (Lipinski definition) is 2. The third kappa shape index (κ3) is 3.79. The quantitative estimate of drug-likeness (QED) is 0.496. The highest BCUT2D eigenvalue weighted by atomic mass is 16.2. The first-order valence-electron chi connectivity index (χ1n) is 8.07. The topological polar surface area (TPSA) is 75.3 Å². The lowest BCUT2D eigenvalue weighted by atomic mass is 9.72. The van der Waals surface area contributed by atoms with Gasteiger partial charge in [-0.2, -0.15) is 0 Å². The van der Waals surface area contributed by atoms with Crippen molar-refractivity contribution in [3.63, 3.8) is 0 Å². The van der Waals surface area contributed by atoms with Gasteiger partial charge in [0, 0.05) is 18.2 Å². The lowest BCUT2D eigenvalue weighted by molar-refractivity contribution is -0.138. The molecule has 0 aliphatic carbocycles. The number of nitrogens with one attached hydrogen (secondary N) is 2. The molecule has 0 spiro atoms. The first kappa shape index (κ1) is 17.7. The molecule has 1 aromatic carbocycles. The van der Waals surface area contributed by atoms with Crippen LogP contribution in [0.5, 0.6) is 0 Å². The molecule has 2 rings (SSSR count). The Balaban J connectivity index is 2.14. The Labute approximate surface area is 141 Å². The van der Waals surface area contributed by atoms with Crippen LogP contribution in [0.25, 0.3) is 0 Å². The van der Waals surface area contributed by atoms with Crippen molar-refractivity contribution in [3.8, 4) is 0 Å². The van der Waals surface area contributed by atoms with Gasteiger partial charge in [-0.15, -0.1) is 0 Å². The van der Waals surface area contributed by atoms with E-state index in [1.54, 1.807) is 24.3 Å². The fraction of sp³-hybridized carbons (Fsp3) is 0.316. The van der Waals surface area contributed by atoms with Gasteiger partial charge in [-0.3, -0.25) is 19.7 Å². The number of carbonyl (C=O) groups excluding carboxylic acids is 3. The van der Waals surface area contributed by atoms with E-state index in [-0.39, 0.29) is 17.7 Å². The van der Waals surface area contributed by atoms with E-state index in [0.29, 0.717) is 24.9 Å². The van der Waals surface area contributed by atoms with Gasteiger partial charge in [0.15, 0.2) is 0 Å². The van der Waals surface area contributed by atoms with Crippen molar-refractivity contribution in [1.82, 2.24) is 5.32 Å². The van der Waals surface area contributed by atoms with E-state index in [4.69, 9.17) is 0 Å². The highest BCUT2D eigenvalue weighted by molar-refractivity contribution is 6.03. The second-order valence-electron chi connectivity index (χ2n) is 5.76. The maximum absolute atomic E-state index is 12.4. The van der Waals surface area contributed by atoms with Crippen molar-refractivity contribution >= 4 is 23.4 Å². The lowest BCUT2D eigenvalue weighted by Crippen LogP contribution is -2.51. The SMILES string of the molecule is C/C=C/C=C/C(=O)Nc1ccc(C2(CC)CCC(=O)NC2=O)cc1. The molecule has 0 radical (unpaired) electrons. The Hall–Kier alpha value is -2.69. The molecule has 0 aromatic heterocycles. The summed E-state index contributed by atoms with van der Waals surface area (Å²) in [4.78, 5) is 35.5. The van der Waals surface area contributed by atoms with Gasteiger partial charge in [0.1, 0.15) is 0 Å². The van der Waals surface area contributed by atoms with Gasteiger partial charge < -0.3 is 5.32 Å². The number of benzene rings is 1. The molecule has 1 fully saturated rings. The number of allylic oxidation sites excluding steroid dienone is 3. The molecule has 1 aliphatic heterocycles. The molecule has 2 N–H and O–H groups in total. The molecule has 5 nitrogen and oxygen atoms in total. The van der Waals surface area contributed by atoms with Gasteiger partial charge >= 0.3 is 0 Å². The fourth-order valence-corrected chi connectivity index (χ4v) is 2.88. The first-order chi connectivity index (χ1) is 11.5. The van der Waals surface area contributed by atoms with E-state index in [1.807, 2.05) is 32.1 Å². The summed E-state index contributed by atoms with van der Waals surface area (Å²) in [6.45, 7) is 3.82. The summed E-state index contributed by atoms with van der Waals surface area (Å²) < 4.78 is 0. The van der Waals surface area contributed by atoms with Crippen LogP contribution in [0.4, 0.5) is 5.69 Å². The number of carbonyl (C=O) groups is 3. The number of imide groups is 1. The molecular formula is C19H22N2O3. The van der Waals surface area contributed by atoms with E-state index in [1.165, 1.54) is 6.08 Å². The van der Waals surface area contributed by atoms with Crippen LogP contribution < -0.4 is 10.6 Å². The first-order valence-corrected chi connectivity index (χ1v) is 8.07. The number of anilines is 1. The van der Waals surface area contributed by atoms with Crippen molar-refractivity contribution in [2.24, 2.45) is 0 Å². The molecule has 1 unspecified atom stereocenters. The maximum Gasteiger partial charge on any atom is 0.248 e. The van der Waals surface area contributed by atoms with E-state index < -0.39 is 5.41 Å². The third-order valence-corrected chi connectivity index (χ3v) is 4.33. The smallest absolute Gasteiger partial charge is 0.248 e. The van der Waals surface area contributed by atoms with Crippen molar-refractivity contribution in [2.45, 2.75) is 38.5 Å². The Morgan fingerprint density at radius 3 is 2.54 bits per heavy atom. The maximum atomic E-state index is 12.4. The zero-order chi connectivity index (χ0) is 17.6. The molecule has 0 saturated carbocycles. The van der Waals surface area contributed by atoms with Crippen LogP contribution in [-0.4, -0.2) is 17.7 Å². The molecule has 3 amide bonds. The minimum Gasteiger partial charge on any atom is -0.323 e. The van der Waals surface area contributed by atoms with Crippen LogP contribution in [0.2, 0.25) is 0 Å². The van der Waals surface area contributed by atoms with E-state index in [9.17, 15) is 14.4 Å². The summed E-state index contributed by atoms with van der Waals surface area (Å²) >= 11 is 0. The number of amides is 3. The van der Waals surface area contributed by atoms with Crippen molar-refractivity contribution in [2.75, 3.05) is 5.32 Å². The second kappa shape index (κ2) is 7.73. The van der Waals surface area contributed by atoms with E-state index >= 15 is 0 Å². The minimum absolute atomic E-state index is 0.216. The summed E-state index contributed by atoms with van der Waals surface area (Å²) in [7, 11) is 0. The van der Waals surface area contributed by atoms with E-state index in [0.717, 1.165) is 5.56 Å². The summed E-state index contributed by atoms with van der Waals surface area (Å²) in [5.74, 6) is -0.680. The summed E-state index contributed by atoms with van der Waals surface area (Å²) in [5.41, 5.74) is 0.840. The summed E-state index contributed by atoms with van der Waals surface area (Å²) in [6, 6.07) is 7.23. The van der Waals surface area contributed by atoms with Crippen LogP contribution >= 0.6 is 0 Å². The van der Waals surface area contributed by atoms with Gasteiger partial charge in [0.25, 0.3) is 0 Å². The average Bonchev–Trinajstić information content (AvgIpc) is 2.57. The molecule has 1 heterocycles. The van der Waals surface area contributed by atoms with Gasteiger partial charge in [0.05, 0.1) is 5.41 Å². The largest absolute Gasteiger partial charge is 0.323 e. The Bertz CT molecular complexity index is 689. The molecule has 1 aromatic rings. The van der Waals surface area contributed by atoms with Crippen molar-refractivity contribution in [1.29, 1.82) is 0 Å². The van der Waals surface area contributed by atoms with Gasteiger partial charge in [-0.25, -0.2) is 0 Å². The molecule has 1 aliphatic rings. The molecule has 0 bridgehead atoms. The van der Waals surface area contributed by atoms with Gasteiger partial charge in [-0.1, -0.05) is 37.3 Å². The fourth-order valence-electron chi connectivity index (χ4n) is 2.88. The van der Waals surface area contributed by atoms with Crippen LogP contribution in [0.1, 0.15) is 38.7 Å². The predicted molar refractivity (Wildman–Crippen MR) is 93.4 cm³/mol.